The van der Waals surface area contributed by atoms with Crippen molar-refractivity contribution >= 4 is 5.91 Å². The largest absolute Gasteiger partial charge is 0.335 e. The first-order valence-corrected chi connectivity index (χ1v) is 8.91. The Morgan fingerprint density at radius 2 is 1.63 bits per heavy atom. The summed E-state index contributed by atoms with van der Waals surface area (Å²) in [7, 11) is 3.99. The summed E-state index contributed by atoms with van der Waals surface area (Å²) >= 11 is 0. The van der Waals surface area contributed by atoms with Gasteiger partial charge < -0.3 is 9.80 Å². The third-order valence-corrected chi connectivity index (χ3v) is 4.15. The Morgan fingerprint density at radius 3 is 2.30 bits per heavy atom. The third-order valence-electron chi connectivity index (χ3n) is 4.15. The van der Waals surface area contributed by atoms with Gasteiger partial charge in [-0.2, -0.15) is 4.80 Å². The molecule has 0 atom stereocenters. The summed E-state index contributed by atoms with van der Waals surface area (Å²) in [5.74, 6) is 0.490. The van der Waals surface area contributed by atoms with Crippen LogP contribution in [-0.4, -0.2) is 63.1 Å². The predicted molar refractivity (Wildman–Crippen MR) is 104 cm³/mol. The zero-order valence-electron chi connectivity index (χ0n) is 15.7. The van der Waals surface area contributed by atoms with Gasteiger partial charge in [0.25, 0.3) is 0 Å². The molecular weight excluding hydrogens is 340 g/mol. The molecule has 0 bridgehead atoms. The van der Waals surface area contributed by atoms with E-state index in [9.17, 15) is 4.79 Å². The molecule has 27 heavy (non-hydrogen) atoms. The third kappa shape index (κ3) is 5.46. The summed E-state index contributed by atoms with van der Waals surface area (Å²) in [4.78, 5) is 18.1. The highest BCUT2D eigenvalue weighted by atomic mass is 16.2. The van der Waals surface area contributed by atoms with Gasteiger partial charge in [-0.3, -0.25) is 4.79 Å². The van der Waals surface area contributed by atoms with E-state index < -0.39 is 0 Å². The molecule has 0 aliphatic heterocycles. The van der Waals surface area contributed by atoms with E-state index in [1.165, 1.54) is 4.80 Å². The van der Waals surface area contributed by atoms with Crippen molar-refractivity contribution < 1.29 is 4.79 Å². The summed E-state index contributed by atoms with van der Waals surface area (Å²) in [6.07, 6.45) is 0. The Kier molecular flexibility index (Phi) is 6.27. The van der Waals surface area contributed by atoms with Crippen molar-refractivity contribution in [2.45, 2.75) is 13.1 Å². The Balaban J connectivity index is 1.69. The highest BCUT2D eigenvalue weighted by molar-refractivity contribution is 5.75. The highest BCUT2D eigenvalue weighted by Crippen LogP contribution is 2.12. The maximum Gasteiger partial charge on any atom is 0.246 e. The van der Waals surface area contributed by atoms with Crippen molar-refractivity contribution in [3.8, 4) is 11.4 Å². The Labute approximate surface area is 159 Å². The van der Waals surface area contributed by atoms with Gasteiger partial charge >= 0.3 is 0 Å². The van der Waals surface area contributed by atoms with E-state index >= 15 is 0 Å². The van der Waals surface area contributed by atoms with Crippen LogP contribution in [0.15, 0.2) is 60.7 Å². The molecule has 0 aliphatic carbocycles. The van der Waals surface area contributed by atoms with Crippen LogP contribution in [0.1, 0.15) is 5.56 Å². The molecule has 0 N–H and O–H groups in total. The van der Waals surface area contributed by atoms with Crippen molar-refractivity contribution in [1.29, 1.82) is 0 Å². The Hall–Kier alpha value is -3.06. The number of amides is 1. The van der Waals surface area contributed by atoms with E-state index in [1.54, 1.807) is 0 Å². The second-order valence-electron chi connectivity index (χ2n) is 6.61. The number of aromatic nitrogens is 4. The number of carbonyl (C=O) groups excluding carboxylic acids is 1. The summed E-state index contributed by atoms with van der Waals surface area (Å²) in [6, 6.07) is 19.6. The lowest BCUT2D eigenvalue weighted by Crippen LogP contribution is -2.38. The van der Waals surface area contributed by atoms with Crippen LogP contribution in [0, 0.1) is 0 Å². The van der Waals surface area contributed by atoms with E-state index in [1.807, 2.05) is 79.7 Å². The van der Waals surface area contributed by atoms with Gasteiger partial charge in [0.05, 0.1) is 0 Å². The minimum absolute atomic E-state index is 0.0299. The number of nitrogens with zero attached hydrogens (tertiary/aromatic N) is 6. The van der Waals surface area contributed by atoms with Crippen molar-refractivity contribution in [3.05, 3.63) is 66.2 Å². The number of likely N-dealkylation sites (N-methyl/N-ethyl adjacent to an activating group) is 1. The summed E-state index contributed by atoms with van der Waals surface area (Å²) in [5.41, 5.74) is 1.98. The Bertz CT molecular complexity index is 847. The fourth-order valence-corrected chi connectivity index (χ4v) is 2.65. The van der Waals surface area contributed by atoms with Crippen LogP contribution in [0.5, 0.6) is 0 Å². The first kappa shape index (κ1) is 18.7. The number of carbonyl (C=O) groups is 1. The summed E-state index contributed by atoms with van der Waals surface area (Å²) in [5, 5.41) is 12.4. The average molecular weight is 364 g/mol. The van der Waals surface area contributed by atoms with Gasteiger partial charge in [-0.25, -0.2) is 0 Å². The van der Waals surface area contributed by atoms with Gasteiger partial charge in [0, 0.05) is 25.2 Å². The van der Waals surface area contributed by atoms with E-state index in [0.717, 1.165) is 17.7 Å². The molecule has 1 amide bonds. The number of benzene rings is 2. The second kappa shape index (κ2) is 9.05. The molecule has 0 saturated carbocycles. The molecule has 0 radical (unpaired) electrons. The topological polar surface area (TPSA) is 67.2 Å². The minimum Gasteiger partial charge on any atom is -0.335 e. The molecule has 7 nitrogen and oxygen atoms in total. The van der Waals surface area contributed by atoms with E-state index in [2.05, 4.69) is 20.3 Å². The molecule has 3 rings (SSSR count). The van der Waals surface area contributed by atoms with Gasteiger partial charge in [0.2, 0.25) is 11.7 Å². The lowest BCUT2D eigenvalue weighted by atomic mass is 10.2. The number of hydrogen-bond acceptors (Lipinski definition) is 5. The number of hydrogen-bond donors (Lipinski definition) is 0. The number of rotatable bonds is 8. The van der Waals surface area contributed by atoms with E-state index in [0.29, 0.717) is 18.9 Å². The highest BCUT2D eigenvalue weighted by Gasteiger charge is 2.17. The summed E-state index contributed by atoms with van der Waals surface area (Å²) in [6.45, 7) is 2.06. The molecule has 0 spiro atoms. The van der Waals surface area contributed by atoms with Crippen LogP contribution in [0.25, 0.3) is 11.4 Å². The quantitative estimate of drug-likeness (QED) is 0.611. The molecular formula is C20H24N6O. The maximum atomic E-state index is 12.9. The smallest absolute Gasteiger partial charge is 0.246 e. The zero-order chi connectivity index (χ0) is 19.1. The van der Waals surface area contributed by atoms with Gasteiger partial charge in [0.1, 0.15) is 6.54 Å². The summed E-state index contributed by atoms with van der Waals surface area (Å²) < 4.78 is 0. The van der Waals surface area contributed by atoms with Crippen molar-refractivity contribution in [3.63, 3.8) is 0 Å². The molecule has 0 aliphatic rings. The predicted octanol–water partition coefficient (Wildman–Crippen LogP) is 1.93. The molecule has 0 unspecified atom stereocenters. The fraction of sp³-hybridized carbons (Fsp3) is 0.300. The van der Waals surface area contributed by atoms with Crippen LogP contribution in [-0.2, 0) is 17.9 Å². The lowest BCUT2D eigenvalue weighted by molar-refractivity contribution is -0.133. The van der Waals surface area contributed by atoms with Crippen LogP contribution >= 0.6 is 0 Å². The first-order chi connectivity index (χ1) is 13.1. The number of tetrazole rings is 1. The minimum atomic E-state index is -0.0299. The van der Waals surface area contributed by atoms with E-state index in [4.69, 9.17) is 0 Å². The van der Waals surface area contributed by atoms with Crippen LogP contribution in [0.2, 0.25) is 0 Å². The van der Waals surface area contributed by atoms with Gasteiger partial charge in [0.15, 0.2) is 0 Å². The molecule has 0 saturated heterocycles. The molecule has 7 heteroatoms. The van der Waals surface area contributed by atoms with Crippen molar-refractivity contribution in [1.82, 2.24) is 30.0 Å². The molecule has 3 aromatic rings. The monoisotopic (exact) mass is 364 g/mol. The van der Waals surface area contributed by atoms with Crippen LogP contribution < -0.4 is 0 Å². The maximum absolute atomic E-state index is 12.9. The van der Waals surface area contributed by atoms with Crippen molar-refractivity contribution in [2.75, 3.05) is 27.2 Å². The SMILES string of the molecule is CN(C)CCN(Cc1ccccc1)C(=O)Cn1nnc(-c2ccccc2)n1. The van der Waals surface area contributed by atoms with Crippen LogP contribution in [0.3, 0.4) is 0 Å². The molecule has 0 fully saturated rings. The normalized spacial score (nSPS) is 10.9. The molecule has 1 aromatic heterocycles. The molecule has 2 aromatic carbocycles. The Morgan fingerprint density at radius 1 is 0.963 bits per heavy atom. The van der Waals surface area contributed by atoms with E-state index in [-0.39, 0.29) is 12.5 Å². The fourth-order valence-electron chi connectivity index (χ4n) is 2.65. The zero-order valence-corrected chi connectivity index (χ0v) is 15.7. The molecule has 140 valence electrons. The molecule has 1 heterocycles. The first-order valence-electron chi connectivity index (χ1n) is 8.91. The van der Waals surface area contributed by atoms with Crippen molar-refractivity contribution in [2.24, 2.45) is 0 Å². The average Bonchev–Trinajstić information content (AvgIpc) is 3.15. The van der Waals surface area contributed by atoms with Crippen LogP contribution in [0.4, 0.5) is 0 Å². The second-order valence-corrected chi connectivity index (χ2v) is 6.61. The van der Waals surface area contributed by atoms with Gasteiger partial charge in [-0.05, 0) is 24.9 Å². The lowest BCUT2D eigenvalue weighted by Gasteiger charge is -2.24. The standard InChI is InChI=1S/C20H24N6O/c1-24(2)13-14-25(15-17-9-5-3-6-10-17)19(27)16-26-22-20(21-23-26)18-11-7-4-8-12-18/h3-12H,13-16H2,1-2H3. The van der Waals surface area contributed by atoms with Gasteiger partial charge in [-0.15, -0.1) is 10.2 Å². The van der Waals surface area contributed by atoms with Gasteiger partial charge in [-0.1, -0.05) is 60.7 Å².